The van der Waals surface area contributed by atoms with Crippen LogP contribution in [0, 0.1) is 5.92 Å². The van der Waals surface area contributed by atoms with Gasteiger partial charge in [-0.2, -0.15) is 0 Å². The minimum Gasteiger partial charge on any atom is -0.497 e. The van der Waals surface area contributed by atoms with Gasteiger partial charge in [-0.05, 0) is 30.5 Å². The van der Waals surface area contributed by atoms with Gasteiger partial charge in [-0.3, -0.25) is 9.59 Å². The predicted octanol–water partition coefficient (Wildman–Crippen LogP) is 1.85. The number of carboxylic acids is 1. The first-order valence-corrected chi connectivity index (χ1v) is 6.55. The van der Waals surface area contributed by atoms with Crippen LogP contribution in [0.4, 0.5) is 0 Å². The molecule has 0 radical (unpaired) electrons. The van der Waals surface area contributed by atoms with Crippen LogP contribution in [0.2, 0.25) is 0 Å². The van der Waals surface area contributed by atoms with Gasteiger partial charge in [0.1, 0.15) is 5.75 Å². The van der Waals surface area contributed by atoms with E-state index in [2.05, 4.69) is 5.32 Å². The number of methoxy groups -OCH3 is 1. The van der Waals surface area contributed by atoms with Gasteiger partial charge in [-0.15, -0.1) is 0 Å². The quantitative estimate of drug-likeness (QED) is 0.798. The maximum absolute atomic E-state index is 11.2. The minimum absolute atomic E-state index is 0.152. The van der Waals surface area contributed by atoms with Crippen LogP contribution in [0.15, 0.2) is 24.3 Å². The first-order valence-electron chi connectivity index (χ1n) is 6.55. The van der Waals surface area contributed by atoms with E-state index in [9.17, 15) is 9.59 Å². The smallest absolute Gasteiger partial charge is 0.306 e. The highest BCUT2D eigenvalue weighted by molar-refractivity contribution is 5.73. The lowest BCUT2D eigenvalue weighted by molar-refractivity contribution is -0.141. The molecule has 0 spiro atoms. The van der Waals surface area contributed by atoms with Crippen LogP contribution in [0.1, 0.15) is 25.8 Å². The summed E-state index contributed by atoms with van der Waals surface area (Å²) in [5.41, 5.74) is 1.03. The largest absolute Gasteiger partial charge is 0.497 e. The normalized spacial score (nSPS) is 13.3. The molecule has 0 saturated heterocycles. The number of carbonyl (C=O) groups excluding carboxylic acids is 1. The van der Waals surface area contributed by atoms with Crippen LogP contribution in [-0.4, -0.2) is 30.1 Å². The van der Waals surface area contributed by atoms with Crippen molar-refractivity contribution in [3.8, 4) is 5.75 Å². The van der Waals surface area contributed by atoms with E-state index in [1.165, 1.54) is 6.92 Å². The van der Waals surface area contributed by atoms with Crippen molar-refractivity contribution in [2.45, 2.75) is 32.7 Å². The Kier molecular flexibility index (Phi) is 6.03. The molecule has 0 aliphatic heterocycles. The number of aliphatic carboxylic acids is 1. The van der Waals surface area contributed by atoms with E-state index in [0.717, 1.165) is 11.3 Å². The van der Waals surface area contributed by atoms with E-state index < -0.39 is 11.9 Å². The van der Waals surface area contributed by atoms with Crippen LogP contribution >= 0.6 is 0 Å². The maximum Gasteiger partial charge on any atom is 0.306 e. The third kappa shape index (κ3) is 5.30. The van der Waals surface area contributed by atoms with Crippen molar-refractivity contribution in [3.05, 3.63) is 29.8 Å². The van der Waals surface area contributed by atoms with Gasteiger partial charge in [0, 0.05) is 13.0 Å². The molecular weight excluding hydrogens is 258 g/mol. The number of hydrogen-bond donors (Lipinski definition) is 2. The Balaban J connectivity index is 2.72. The molecule has 1 aromatic rings. The summed E-state index contributed by atoms with van der Waals surface area (Å²) in [6, 6.07) is 7.34. The van der Waals surface area contributed by atoms with Gasteiger partial charge in [0.2, 0.25) is 5.91 Å². The average molecular weight is 279 g/mol. The second kappa shape index (κ2) is 7.53. The van der Waals surface area contributed by atoms with Crippen molar-refractivity contribution in [1.82, 2.24) is 5.32 Å². The first kappa shape index (κ1) is 16.0. The fourth-order valence-electron chi connectivity index (χ4n) is 2.05. The number of rotatable bonds is 7. The van der Waals surface area contributed by atoms with E-state index in [1.807, 2.05) is 24.3 Å². The molecule has 0 heterocycles. The summed E-state index contributed by atoms with van der Waals surface area (Å²) in [5.74, 6) is -0.731. The van der Waals surface area contributed by atoms with Crippen LogP contribution in [0.5, 0.6) is 5.75 Å². The van der Waals surface area contributed by atoms with Crippen molar-refractivity contribution in [2.75, 3.05) is 7.11 Å². The molecule has 2 unspecified atom stereocenters. The van der Waals surface area contributed by atoms with E-state index in [1.54, 1.807) is 14.0 Å². The van der Waals surface area contributed by atoms with E-state index in [-0.39, 0.29) is 11.9 Å². The van der Waals surface area contributed by atoms with Gasteiger partial charge in [0.25, 0.3) is 0 Å². The molecule has 0 aliphatic rings. The molecule has 0 fully saturated rings. The molecule has 2 atom stereocenters. The van der Waals surface area contributed by atoms with Crippen LogP contribution < -0.4 is 10.1 Å². The lowest BCUT2D eigenvalue weighted by Crippen LogP contribution is -2.37. The molecule has 1 rings (SSSR count). The molecule has 2 N–H and O–H groups in total. The summed E-state index contributed by atoms with van der Waals surface area (Å²) in [6.07, 6.45) is 1.00. The van der Waals surface area contributed by atoms with Crippen LogP contribution in [-0.2, 0) is 16.0 Å². The summed E-state index contributed by atoms with van der Waals surface area (Å²) in [5, 5.41) is 11.8. The Hall–Kier alpha value is -2.04. The zero-order valence-electron chi connectivity index (χ0n) is 12.1. The van der Waals surface area contributed by atoms with Gasteiger partial charge >= 0.3 is 5.97 Å². The van der Waals surface area contributed by atoms with Crippen molar-refractivity contribution in [2.24, 2.45) is 5.92 Å². The summed E-state index contributed by atoms with van der Waals surface area (Å²) < 4.78 is 5.09. The fourth-order valence-corrected chi connectivity index (χ4v) is 2.05. The highest BCUT2D eigenvalue weighted by Crippen LogP contribution is 2.15. The lowest BCUT2D eigenvalue weighted by atomic mass is 9.96. The molecule has 20 heavy (non-hydrogen) atoms. The number of carboxylic acid groups (broad SMARTS) is 1. The van der Waals surface area contributed by atoms with E-state index in [0.29, 0.717) is 12.8 Å². The molecule has 5 heteroatoms. The molecule has 1 amide bonds. The Morgan fingerprint density at radius 3 is 2.35 bits per heavy atom. The standard InChI is InChI=1S/C15H21NO4/c1-10(15(18)19)8-13(16-11(2)17)9-12-4-6-14(20-3)7-5-12/h4-7,10,13H,8-9H2,1-3H3,(H,16,17)(H,18,19). The van der Waals surface area contributed by atoms with Crippen molar-refractivity contribution in [3.63, 3.8) is 0 Å². The Bertz CT molecular complexity index is 455. The summed E-state index contributed by atoms with van der Waals surface area (Å²) in [4.78, 5) is 22.1. The summed E-state index contributed by atoms with van der Waals surface area (Å²) in [6.45, 7) is 3.08. The second-order valence-corrected chi connectivity index (χ2v) is 4.92. The third-order valence-electron chi connectivity index (χ3n) is 3.11. The molecule has 0 aromatic heterocycles. The molecule has 0 aliphatic carbocycles. The highest BCUT2D eigenvalue weighted by atomic mass is 16.5. The van der Waals surface area contributed by atoms with Crippen LogP contribution in [0.3, 0.4) is 0 Å². The van der Waals surface area contributed by atoms with Crippen molar-refractivity contribution >= 4 is 11.9 Å². The minimum atomic E-state index is -0.852. The van der Waals surface area contributed by atoms with Crippen LogP contribution in [0.25, 0.3) is 0 Å². The number of hydrogen-bond acceptors (Lipinski definition) is 3. The van der Waals surface area contributed by atoms with Gasteiger partial charge in [-0.25, -0.2) is 0 Å². The van der Waals surface area contributed by atoms with E-state index >= 15 is 0 Å². The lowest BCUT2D eigenvalue weighted by Gasteiger charge is -2.20. The molecule has 0 bridgehead atoms. The molecule has 0 saturated carbocycles. The number of carbonyl (C=O) groups is 2. The summed E-state index contributed by atoms with van der Waals surface area (Å²) >= 11 is 0. The number of amides is 1. The second-order valence-electron chi connectivity index (χ2n) is 4.92. The summed E-state index contributed by atoms with van der Waals surface area (Å²) in [7, 11) is 1.60. The van der Waals surface area contributed by atoms with Gasteiger partial charge in [-0.1, -0.05) is 19.1 Å². The van der Waals surface area contributed by atoms with Crippen molar-refractivity contribution in [1.29, 1.82) is 0 Å². The molecule has 1 aromatic carbocycles. The average Bonchev–Trinajstić information content (AvgIpc) is 2.38. The number of nitrogens with one attached hydrogen (secondary N) is 1. The topological polar surface area (TPSA) is 75.6 Å². The van der Waals surface area contributed by atoms with Gasteiger partial charge in [0.15, 0.2) is 0 Å². The molecule has 110 valence electrons. The highest BCUT2D eigenvalue weighted by Gasteiger charge is 2.19. The Labute approximate surface area is 118 Å². The first-order chi connectivity index (χ1) is 9.42. The fraction of sp³-hybridized carbons (Fsp3) is 0.467. The Morgan fingerprint density at radius 1 is 1.30 bits per heavy atom. The van der Waals surface area contributed by atoms with Gasteiger partial charge in [0.05, 0.1) is 13.0 Å². The number of benzene rings is 1. The maximum atomic E-state index is 11.2. The number of ether oxygens (including phenoxy) is 1. The zero-order valence-corrected chi connectivity index (χ0v) is 12.1. The zero-order chi connectivity index (χ0) is 15.1. The van der Waals surface area contributed by atoms with Gasteiger partial charge < -0.3 is 15.2 Å². The Morgan fingerprint density at radius 2 is 1.90 bits per heavy atom. The predicted molar refractivity (Wildman–Crippen MR) is 75.7 cm³/mol. The SMILES string of the molecule is COc1ccc(CC(CC(C)C(=O)O)NC(C)=O)cc1. The van der Waals surface area contributed by atoms with Crippen molar-refractivity contribution < 1.29 is 19.4 Å². The molecule has 5 nitrogen and oxygen atoms in total. The van der Waals surface area contributed by atoms with E-state index in [4.69, 9.17) is 9.84 Å². The molecular formula is C15H21NO4. The third-order valence-corrected chi connectivity index (χ3v) is 3.11. The monoisotopic (exact) mass is 279 g/mol.